The Bertz CT molecular complexity index is 1260. The molecule has 3 aromatic rings. The molecule has 2 aromatic carbocycles. The van der Waals surface area contributed by atoms with E-state index in [1.807, 2.05) is 32.0 Å². The lowest BCUT2D eigenvalue weighted by Crippen LogP contribution is -2.23. The van der Waals surface area contributed by atoms with Gasteiger partial charge in [0, 0.05) is 18.7 Å². The number of benzene rings is 2. The highest BCUT2D eigenvalue weighted by atomic mass is 32.2. The number of rotatable bonds is 4. The minimum Gasteiger partial charge on any atom is -0.478 e. The van der Waals surface area contributed by atoms with E-state index in [0.29, 0.717) is 27.2 Å². The van der Waals surface area contributed by atoms with Gasteiger partial charge in [0.15, 0.2) is 5.17 Å². The van der Waals surface area contributed by atoms with Gasteiger partial charge in [0.25, 0.3) is 5.91 Å². The highest BCUT2D eigenvalue weighted by Gasteiger charge is 2.30. The van der Waals surface area contributed by atoms with Crippen LogP contribution in [0.2, 0.25) is 0 Å². The highest BCUT2D eigenvalue weighted by Crippen LogP contribution is 2.34. The number of amidine groups is 1. The fraction of sp³-hybridized carbons (Fsp3) is 0.125. The van der Waals surface area contributed by atoms with Crippen LogP contribution in [0.5, 0.6) is 0 Å². The molecule has 1 amide bonds. The van der Waals surface area contributed by atoms with Crippen LogP contribution in [0.1, 0.15) is 27.2 Å². The molecule has 0 atom stereocenters. The van der Waals surface area contributed by atoms with Gasteiger partial charge in [0.2, 0.25) is 0 Å². The Morgan fingerprint density at radius 3 is 2.61 bits per heavy atom. The van der Waals surface area contributed by atoms with Gasteiger partial charge in [-0.25, -0.2) is 9.79 Å². The van der Waals surface area contributed by atoms with Crippen molar-refractivity contribution in [2.24, 2.45) is 4.99 Å². The fourth-order valence-corrected chi connectivity index (χ4v) is 4.11. The maximum atomic E-state index is 12.7. The molecule has 2 heterocycles. The normalized spacial score (nSPS) is 16.5. The first-order chi connectivity index (χ1) is 14.8. The molecule has 7 heteroatoms. The number of aromatic carboxylic acids is 1. The summed E-state index contributed by atoms with van der Waals surface area (Å²) < 4.78 is 5.82. The summed E-state index contributed by atoms with van der Waals surface area (Å²) in [4.78, 5) is 30.8. The van der Waals surface area contributed by atoms with Crippen LogP contribution in [0.25, 0.3) is 17.4 Å². The number of aliphatic imine (C=N–C) groups is 1. The third kappa shape index (κ3) is 4.18. The summed E-state index contributed by atoms with van der Waals surface area (Å²) in [5.74, 6) is -0.303. The van der Waals surface area contributed by atoms with Crippen LogP contribution in [-0.2, 0) is 4.79 Å². The molecule has 1 fully saturated rings. The van der Waals surface area contributed by atoms with Crippen molar-refractivity contribution in [2.45, 2.75) is 13.8 Å². The largest absolute Gasteiger partial charge is 0.478 e. The summed E-state index contributed by atoms with van der Waals surface area (Å²) >= 11 is 1.27. The van der Waals surface area contributed by atoms with Crippen molar-refractivity contribution in [3.63, 3.8) is 0 Å². The van der Waals surface area contributed by atoms with Gasteiger partial charge in [-0.1, -0.05) is 24.3 Å². The molecular weight excluding hydrogens is 412 g/mol. The van der Waals surface area contributed by atoms with E-state index in [0.717, 1.165) is 11.3 Å². The van der Waals surface area contributed by atoms with Gasteiger partial charge in [-0.05, 0) is 67.1 Å². The molecule has 0 spiro atoms. The van der Waals surface area contributed by atoms with Crippen molar-refractivity contribution < 1.29 is 19.1 Å². The van der Waals surface area contributed by atoms with E-state index in [9.17, 15) is 14.7 Å². The second-order valence-corrected chi connectivity index (χ2v) is 8.20. The van der Waals surface area contributed by atoms with Crippen LogP contribution in [-0.4, -0.2) is 34.1 Å². The van der Waals surface area contributed by atoms with Crippen molar-refractivity contribution in [2.75, 3.05) is 7.05 Å². The molecule has 1 aromatic heterocycles. The third-order valence-corrected chi connectivity index (χ3v) is 6.10. The smallest absolute Gasteiger partial charge is 0.336 e. The number of furan rings is 1. The summed E-state index contributed by atoms with van der Waals surface area (Å²) in [6.45, 7) is 4.07. The lowest BCUT2D eigenvalue weighted by atomic mass is 10.1. The SMILES string of the molecule is Cc1ccc(N=C2S/C(=C/c3ccc(-c4ccccc4C(=O)O)o3)C(=O)N2C)cc1C. The van der Waals surface area contributed by atoms with E-state index in [4.69, 9.17) is 4.42 Å². The number of carboxylic acids is 1. The first-order valence-corrected chi connectivity index (χ1v) is 10.4. The quantitative estimate of drug-likeness (QED) is 0.551. The van der Waals surface area contributed by atoms with Crippen LogP contribution < -0.4 is 0 Å². The summed E-state index contributed by atoms with van der Waals surface area (Å²) in [6, 6.07) is 16.0. The van der Waals surface area contributed by atoms with Gasteiger partial charge < -0.3 is 9.52 Å². The topological polar surface area (TPSA) is 83.1 Å². The molecule has 1 saturated heterocycles. The minimum atomic E-state index is -1.03. The summed E-state index contributed by atoms with van der Waals surface area (Å²) in [5.41, 5.74) is 3.76. The number of carboxylic acid groups (broad SMARTS) is 1. The van der Waals surface area contributed by atoms with Crippen LogP contribution in [0.4, 0.5) is 5.69 Å². The van der Waals surface area contributed by atoms with Gasteiger partial charge >= 0.3 is 5.97 Å². The van der Waals surface area contributed by atoms with Gasteiger partial charge in [0.1, 0.15) is 11.5 Å². The Balaban J connectivity index is 1.62. The van der Waals surface area contributed by atoms with Gasteiger partial charge in [-0.2, -0.15) is 0 Å². The molecule has 31 heavy (non-hydrogen) atoms. The lowest BCUT2D eigenvalue weighted by molar-refractivity contribution is -0.121. The molecule has 156 valence electrons. The first kappa shape index (κ1) is 20.7. The third-order valence-electron chi connectivity index (χ3n) is 5.04. The van der Waals surface area contributed by atoms with Crippen LogP contribution in [0.15, 0.2) is 68.9 Å². The zero-order valence-electron chi connectivity index (χ0n) is 17.2. The molecular formula is C24H20N2O4S. The van der Waals surface area contributed by atoms with E-state index in [2.05, 4.69) is 4.99 Å². The number of thioether (sulfide) groups is 1. The lowest BCUT2D eigenvalue weighted by Gasteiger charge is -2.08. The number of nitrogens with zero attached hydrogens (tertiary/aromatic N) is 2. The average molecular weight is 433 g/mol. The fourth-order valence-electron chi connectivity index (χ4n) is 3.15. The van der Waals surface area contributed by atoms with Crippen molar-refractivity contribution in [3.8, 4) is 11.3 Å². The molecule has 4 rings (SSSR count). The van der Waals surface area contributed by atoms with Gasteiger partial charge in [-0.3, -0.25) is 9.69 Å². The van der Waals surface area contributed by atoms with Crippen molar-refractivity contribution >= 4 is 40.6 Å². The number of carbonyl (C=O) groups excluding carboxylic acids is 1. The second kappa shape index (κ2) is 8.28. The minimum absolute atomic E-state index is 0.157. The molecule has 0 unspecified atom stereocenters. The molecule has 1 aliphatic rings. The molecule has 6 nitrogen and oxygen atoms in total. The van der Waals surface area contributed by atoms with Crippen molar-refractivity contribution in [1.29, 1.82) is 0 Å². The zero-order chi connectivity index (χ0) is 22.1. The van der Waals surface area contributed by atoms with E-state index < -0.39 is 5.97 Å². The van der Waals surface area contributed by atoms with Crippen LogP contribution in [0, 0.1) is 13.8 Å². The number of carbonyl (C=O) groups is 2. The van der Waals surface area contributed by atoms with E-state index in [1.54, 1.807) is 43.5 Å². The summed E-state index contributed by atoms with van der Waals surface area (Å²) in [6.07, 6.45) is 1.65. The van der Waals surface area contributed by atoms with E-state index in [1.165, 1.54) is 28.3 Å². The van der Waals surface area contributed by atoms with Gasteiger partial charge in [0.05, 0.1) is 16.2 Å². The maximum Gasteiger partial charge on any atom is 0.336 e. The van der Waals surface area contributed by atoms with E-state index >= 15 is 0 Å². The molecule has 1 aliphatic heterocycles. The van der Waals surface area contributed by atoms with Crippen LogP contribution in [0.3, 0.4) is 0 Å². The van der Waals surface area contributed by atoms with Crippen molar-refractivity contribution in [1.82, 2.24) is 4.90 Å². The summed E-state index contributed by atoms with van der Waals surface area (Å²) in [7, 11) is 1.69. The molecule has 0 aliphatic carbocycles. The number of aryl methyl sites for hydroxylation is 2. The molecule has 0 bridgehead atoms. The number of likely N-dealkylation sites (N-methyl/N-ethyl adjacent to an activating group) is 1. The first-order valence-electron chi connectivity index (χ1n) is 9.59. The number of amides is 1. The Kier molecular flexibility index (Phi) is 5.52. The number of hydrogen-bond donors (Lipinski definition) is 1. The Hall–Kier alpha value is -3.58. The van der Waals surface area contributed by atoms with Crippen LogP contribution >= 0.6 is 11.8 Å². The second-order valence-electron chi connectivity index (χ2n) is 7.19. The average Bonchev–Trinajstić information content (AvgIpc) is 3.31. The Labute approximate surface area is 183 Å². The summed E-state index contributed by atoms with van der Waals surface area (Å²) in [5, 5.41) is 9.98. The number of hydrogen-bond acceptors (Lipinski definition) is 5. The van der Waals surface area contributed by atoms with Gasteiger partial charge in [-0.15, -0.1) is 0 Å². The Morgan fingerprint density at radius 1 is 1.10 bits per heavy atom. The molecule has 0 radical (unpaired) electrons. The molecule has 0 saturated carbocycles. The molecule has 1 N–H and O–H groups in total. The monoisotopic (exact) mass is 432 g/mol. The predicted molar refractivity (Wildman–Crippen MR) is 122 cm³/mol. The standard InChI is InChI=1S/C24H20N2O4S/c1-14-8-9-16(12-15(14)2)25-24-26(3)22(27)21(31-24)13-17-10-11-20(30-17)18-6-4-5-7-19(18)23(28)29/h4-13H,1-3H3,(H,28,29)/b21-13+,25-24?. The zero-order valence-corrected chi connectivity index (χ0v) is 18.1. The Morgan fingerprint density at radius 2 is 1.87 bits per heavy atom. The maximum absolute atomic E-state index is 12.7. The van der Waals surface area contributed by atoms with E-state index in [-0.39, 0.29) is 11.5 Å². The highest BCUT2D eigenvalue weighted by molar-refractivity contribution is 8.18. The predicted octanol–water partition coefficient (Wildman–Crippen LogP) is 5.50. The van der Waals surface area contributed by atoms with Crippen molar-refractivity contribution in [3.05, 3.63) is 82.0 Å².